The van der Waals surface area contributed by atoms with Gasteiger partial charge < -0.3 is 9.88 Å². The number of halogens is 1. The minimum absolute atomic E-state index is 0.0529. The number of hydrogen-bond acceptors (Lipinski definition) is 2. The standard InChI is InChI=1S/C18H15BrN2O2/c1-12-3-2-4-14(9-12)20-18(23)11-21-8-7-17(22)15-6-5-13(19)10-16(15)21/h2-10H,11H2,1H3,(H,20,23). The molecular weight excluding hydrogens is 356 g/mol. The summed E-state index contributed by atoms with van der Waals surface area (Å²) in [5.74, 6) is -0.138. The Bertz CT molecular complexity index is 947. The summed E-state index contributed by atoms with van der Waals surface area (Å²) < 4.78 is 2.63. The van der Waals surface area contributed by atoms with E-state index in [1.54, 1.807) is 16.8 Å². The molecule has 0 spiro atoms. The second-order valence-electron chi connectivity index (χ2n) is 5.39. The van der Waals surface area contributed by atoms with E-state index in [9.17, 15) is 9.59 Å². The summed E-state index contributed by atoms with van der Waals surface area (Å²) in [5, 5.41) is 3.47. The molecule has 116 valence electrons. The van der Waals surface area contributed by atoms with E-state index in [0.717, 1.165) is 21.2 Å². The summed E-state index contributed by atoms with van der Waals surface area (Å²) in [6, 6.07) is 14.5. The zero-order valence-corrected chi connectivity index (χ0v) is 14.1. The molecular formula is C18H15BrN2O2. The third-order valence-corrected chi connectivity index (χ3v) is 4.05. The van der Waals surface area contributed by atoms with Crippen molar-refractivity contribution in [1.29, 1.82) is 0 Å². The van der Waals surface area contributed by atoms with Crippen LogP contribution in [0.2, 0.25) is 0 Å². The summed E-state index contributed by atoms with van der Waals surface area (Å²) in [6.45, 7) is 2.11. The van der Waals surface area contributed by atoms with Crippen molar-refractivity contribution in [1.82, 2.24) is 4.57 Å². The first kappa shape index (κ1) is 15.5. The maximum absolute atomic E-state index is 12.3. The van der Waals surface area contributed by atoms with Gasteiger partial charge in [0.15, 0.2) is 5.43 Å². The van der Waals surface area contributed by atoms with Crippen LogP contribution in [0.5, 0.6) is 0 Å². The molecule has 0 fully saturated rings. The van der Waals surface area contributed by atoms with E-state index in [0.29, 0.717) is 5.39 Å². The summed E-state index contributed by atoms with van der Waals surface area (Å²) in [4.78, 5) is 24.2. The van der Waals surface area contributed by atoms with Crippen molar-refractivity contribution in [2.45, 2.75) is 13.5 Å². The topological polar surface area (TPSA) is 51.1 Å². The summed E-state index contributed by atoms with van der Waals surface area (Å²) in [7, 11) is 0. The van der Waals surface area contributed by atoms with E-state index in [4.69, 9.17) is 0 Å². The van der Waals surface area contributed by atoms with Gasteiger partial charge in [-0.25, -0.2) is 0 Å². The zero-order valence-electron chi connectivity index (χ0n) is 12.5. The summed E-state index contributed by atoms with van der Waals surface area (Å²) >= 11 is 3.40. The number of hydrogen-bond donors (Lipinski definition) is 1. The third kappa shape index (κ3) is 3.51. The van der Waals surface area contributed by atoms with Gasteiger partial charge in [-0.3, -0.25) is 9.59 Å². The van der Waals surface area contributed by atoms with Crippen LogP contribution in [0.25, 0.3) is 10.9 Å². The van der Waals surface area contributed by atoms with Crippen molar-refractivity contribution >= 4 is 38.4 Å². The fourth-order valence-electron chi connectivity index (χ4n) is 2.49. The SMILES string of the molecule is Cc1cccc(NC(=O)Cn2ccc(=O)c3ccc(Br)cc32)c1. The zero-order chi connectivity index (χ0) is 16.4. The van der Waals surface area contributed by atoms with Crippen LogP contribution in [0, 0.1) is 6.92 Å². The van der Waals surface area contributed by atoms with Crippen molar-refractivity contribution in [2.24, 2.45) is 0 Å². The number of pyridine rings is 1. The van der Waals surface area contributed by atoms with Gasteiger partial charge in [-0.2, -0.15) is 0 Å². The molecule has 0 aliphatic heterocycles. The van der Waals surface area contributed by atoms with Crippen molar-refractivity contribution in [3.05, 3.63) is 75.0 Å². The number of amides is 1. The van der Waals surface area contributed by atoms with Crippen molar-refractivity contribution in [2.75, 3.05) is 5.32 Å². The molecule has 3 rings (SSSR count). The van der Waals surface area contributed by atoms with E-state index in [-0.39, 0.29) is 17.9 Å². The third-order valence-electron chi connectivity index (χ3n) is 3.56. The average molecular weight is 371 g/mol. The highest BCUT2D eigenvalue weighted by Gasteiger charge is 2.08. The number of benzene rings is 2. The van der Waals surface area contributed by atoms with E-state index in [1.807, 2.05) is 43.3 Å². The molecule has 5 heteroatoms. The highest BCUT2D eigenvalue weighted by molar-refractivity contribution is 9.10. The molecule has 0 saturated heterocycles. The van der Waals surface area contributed by atoms with E-state index in [1.165, 1.54) is 6.07 Å². The molecule has 1 amide bonds. The fourth-order valence-corrected chi connectivity index (χ4v) is 2.84. The minimum Gasteiger partial charge on any atom is -0.338 e. The van der Waals surface area contributed by atoms with Gasteiger partial charge in [0.05, 0.1) is 5.52 Å². The van der Waals surface area contributed by atoms with Crippen molar-refractivity contribution in [3.8, 4) is 0 Å². The lowest BCUT2D eigenvalue weighted by atomic mass is 10.2. The molecule has 1 N–H and O–H groups in total. The molecule has 0 atom stereocenters. The number of carbonyl (C=O) groups excluding carboxylic acids is 1. The Morgan fingerprint density at radius 1 is 1.17 bits per heavy atom. The normalized spacial score (nSPS) is 10.7. The molecule has 0 saturated carbocycles. The largest absolute Gasteiger partial charge is 0.338 e. The number of carbonyl (C=O) groups is 1. The van der Waals surface area contributed by atoms with Gasteiger partial charge in [0.1, 0.15) is 6.54 Å². The molecule has 1 aromatic heterocycles. The van der Waals surface area contributed by atoms with Crippen LogP contribution in [0.1, 0.15) is 5.56 Å². The number of aromatic nitrogens is 1. The van der Waals surface area contributed by atoms with Gasteiger partial charge in [0, 0.05) is 27.8 Å². The lowest BCUT2D eigenvalue weighted by molar-refractivity contribution is -0.116. The molecule has 0 radical (unpaired) electrons. The lowest BCUT2D eigenvalue weighted by Crippen LogP contribution is -2.20. The van der Waals surface area contributed by atoms with Crippen LogP contribution < -0.4 is 10.7 Å². The van der Waals surface area contributed by atoms with Gasteiger partial charge in [-0.1, -0.05) is 28.1 Å². The van der Waals surface area contributed by atoms with Gasteiger partial charge >= 0.3 is 0 Å². The van der Waals surface area contributed by atoms with E-state index in [2.05, 4.69) is 21.2 Å². The first-order chi connectivity index (χ1) is 11.0. The fraction of sp³-hybridized carbons (Fsp3) is 0.111. The number of aryl methyl sites for hydroxylation is 1. The predicted octanol–water partition coefficient (Wildman–Crippen LogP) is 3.71. The maximum atomic E-state index is 12.3. The molecule has 2 aromatic carbocycles. The van der Waals surface area contributed by atoms with Crippen LogP contribution in [0.15, 0.2) is 64.0 Å². The Kier molecular flexibility index (Phi) is 4.30. The van der Waals surface area contributed by atoms with Gasteiger partial charge in [0.25, 0.3) is 0 Å². The average Bonchev–Trinajstić information content (AvgIpc) is 2.50. The van der Waals surface area contributed by atoms with Gasteiger partial charge in [-0.15, -0.1) is 0 Å². The quantitative estimate of drug-likeness (QED) is 0.763. The minimum atomic E-state index is -0.138. The van der Waals surface area contributed by atoms with Crippen LogP contribution in [0.3, 0.4) is 0 Å². The molecule has 1 heterocycles. The molecule has 0 bridgehead atoms. The van der Waals surface area contributed by atoms with Crippen LogP contribution in [-0.4, -0.2) is 10.5 Å². The second kappa shape index (κ2) is 6.38. The smallest absolute Gasteiger partial charge is 0.244 e. The molecule has 0 aliphatic carbocycles. The van der Waals surface area contributed by atoms with Crippen molar-refractivity contribution in [3.63, 3.8) is 0 Å². The Hall–Kier alpha value is -2.40. The van der Waals surface area contributed by atoms with Crippen LogP contribution in [0.4, 0.5) is 5.69 Å². The Labute approximate surface area is 141 Å². The second-order valence-corrected chi connectivity index (χ2v) is 6.30. The Morgan fingerprint density at radius 3 is 2.78 bits per heavy atom. The Balaban J connectivity index is 1.89. The summed E-state index contributed by atoms with van der Waals surface area (Å²) in [5.41, 5.74) is 2.52. The van der Waals surface area contributed by atoms with Gasteiger partial charge in [0.2, 0.25) is 5.91 Å². The maximum Gasteiger partial charge on any atom is 0.244 e. The van der Waals surface area contributed by atoms with Crippen molar-refractivity contribution < 1.29 is 4.79 Å². The number of anilines is 1. The van der Waals surface area contributed by atoms with Crippen LogP contribution in [-0.2, 0) is 11.3 Å². The molecule has 3 aromatic rings. The van der Waals surface area contributed by atoms with E-state index < -0.39 is 0 Å². The summed E-state index contributed by atoms with van der Waals surface area (Å²) in [6.07, 6.45) is 1.65. The first-order valence-corrected chi connectivity index (χ1v) is 7.97. The van der Waals surface area contributed by atoms with Crippen LogP contribution >= 0.6 is 15.9 Å². The number of rotatable bonds is 3. The molecule has 0 aliphatic rings. The highest BCUT2D eigenvalue weighted by Crippen LogP contribution is 2.17. The molecule has 0 unspecified atom stereocenters. The Morgan fingerprint density at radius 2 is 2.00 bits per heavy atom. The molecule has 4 nitrogen and oxygen atoms in total. The number of nitrogens with one attached hydrogen (secondary N) is 1. The monoisotopic (exact) mass is 370 g/mol. The predicted molar refractivity (Wildman–Crippen MR) is 95.7 cm³/mol. The number of fused-ring (bicyclic) bond motifs is 1. The van der Waals surface area contributed by atoms with Gasteiger partial charge in [-0.05, 0) is 42.8 Å². The first-order valence-electron chi connectivity index (χ1n) is 7.18. The lowest BCUT2D eigenvalue weighted by Gasteiger charge is -2.11. The van der Waals surface area contributed by atoms with E-state index >= 15 is 0 Å². The number of nitrogens with zero attached hydrogens (tertiary/aromatic N) is 1. The highest BCUT2D eigenvalue weighted by atomic mass is 79.9. The molecule has 23 heavy (non-hydrogen) atoms.